The van der Waals surface area contributed by atoms with Crippen LogP contribution in [0.5, 0.6) is 5.88 Å². The number of fused-ring (bicyclic) bond motifs is 1. The van der Waals surface area contributed by atoms with E-state index in [0.29, 0.717) is 53.3 Å². The fourth-order valence-corrected chi connectivity index (χ4v) is 7.19. The first kappa shape index (κ1) is 34.9. The van der Waals surface area contributed by atoms with Crippen molar-refractivity contribution in [3.63, 3.8) is 0 Å². The highest BCUT2D eigenvalue weighted by Gasteiger charge is 2.42. The van der Waals surface area contributed by atoms with E-state index in [-0.39, 0.29) is 22.3 Å². The number of rotatable bonds is 12. The van der Waals surface area contributed by atoms with Crippen molar-refractivity contribution in [2.45, 2.75) is 76.6 Å². The zero-order valence-electron chi connectivity index (χ0n) is 28.5. The van der Waals surface area contributed by atoms with E-state index >= 15 is 4.39 Å². The number of hydrogen-bond donors (Lipinski definition) is 0. The molecule has 2 aromatic heterocycles. The van der Waals surface area contributed by atoms with E-state index in [1.165, 1.54) is 10.9 Å². The second-order valence-corrected chi connectivity index (χ2v) is 13.9. The number of halogens is 4. The molecule has 1 unspecified atom stereocenters. The molecule has 0 radical (unpaired) electrons. The van der Waals surface area contributed by atoms with Crippen LogP contribution in [0.4, 0.5) is 17.6 Å². The molecule has 1 atom stereocenters. The average molecular weight is 703 g/mol. The number of benzene rings is 2. The van der Waals surface area contributed by atoms with Gasteiger partial charge in [-0.15, -0.1) is 5.10 Å². The molecule has 2 saturated heterocycles. The summed E-state index contributed by atoms with van der Waals surface area (Å²) < 4.78 is 71.6. The SMILES string of the molecule is O=C(/C=C/CCC1(COc2ccc(/C(=C(/CC(F)(F)F)c3ccccc3)c3ccc4c(c3)c(F)nn4C3CCCCO3)cn2)CC1)N1CCCC1. The molecule has 268 valence electrons. The van der Waals surface area contributed by atoms with Gasteiger partial charge in [0, 0.05) is 42.9 Å². The van der Waals surface area contributed by atoms with Crippen LogP contribution in [0.1, 0.15) is 87.1 Å². The van der Waals surface area contributed by atoms with Crippen LogP contribution in [0.3, 0.4) is 0 Å². The van der Waals surface area contributed by atoms with Crippen LogP contribution < -0.4 is 4.74 Å². The van der Waals surface area contributed by atoms with E-state index in [1.54, 1.807) is 66.7 Å². The van der Waals surface area contributed by atoms with E-state index in [4.69, 9.17) is 9.47 Å². The minimum Gasteiger partial charge on any atom is -0.477 e. The van der Waals surface area contributed by atoms with Crippen molar-refractivity contribution in [1.29, 1.82) is 0 Å². The maximum Gasteiger partial charge on any atom is 0.393 e. The number of carbonyl (C=O) groups is 1. The van der Waals surface area contributed by atoms with Gasteiger partial charge in [-0.05, 0) is 104 Å². The molecule has 1 saturated carbocycles. The molecular weight excluding hydrogens is 660 g/mol. The molecule has 2 aromatic carbocycles. The van der Waals surface area contributed by atoms with Gasteiger partial charge in [0.1, 0.15) is 0 Å². The summed E-state index contributed by atoms with van der Waals surface area (Å²) in [5, 5.41) is 4.34. The van der Waals surface area contributed by atoms with Crippen LogP contribution >= 0.6 is 0 Å². The molecule has 1 aliphatic carbocycles. The molecule has 4 heterocycles. The number of hydrogen-bond acceptors (Lipinski definition) is 5. The second-order valence-electron chi connectivity index (χ2n) is 13.9. The van der Waals surface area contributed by atoms with Gasteiger partial charge in [-0.1, -0.05) is 42.5 Å². The molecule has 0 N–H and O–H groups in total. The van der Waals surface area contributed by atoms with E-state index in [1.807, 2.05) is 11.0 Å². The number of aromatic nitrogens is 3. The number of allylic oxidation sites excluding steroid dienone is 2. The fourth-order valence-electron chi connectivity index (χ4n) is 7.19. The summed E-state index contributed by atoms with van der Waals surface area (Å²) in [5.41, 5.74) is 2.16. The van der Waals surface area contributed by atoms with Gasteiger partial charge in [-0.25, -0.2) is 9.67 Å². The minimum atomic E-state index is -4.51. The topological polar surface area (TPSA) is 69.5 Å². The number of alkyl halides is 3. The Morgan fingerprint density at radius 3 is 2.45 bits per heavy atom. The smallest absolute Gasteiger partial charge is 0.393 e. The number of likely N-dealkylation sites (tertiary alicyclic amines) is 1. The number of nitrogens with zero attached hydrogens (tertiary/aromatic N) is 4. The third kappa shape index (κ3) is 8.35. The van der Waals surface area contributed by atoms with Crippen LogP contribution in [-0.4, -0.2) is 58.1 Å². The molecule has 51 heavy (non-hydrogen) atoms. The van der Waals surface area contributed by atoms with Crippen molar-refractivity contribution in [3.05, 3.63) is 102 Å². The van der Waals surface area contributed by atoms with Crippen LogP contribution in [-0.2, 0) is 9.53 Å². The minimum absolute atomic E-state index is 0.0201. The predicted molar refractivity (Wildman–Crippen MR) is 187 cm³/mol. The van der Waals surface area contributed by atoms with Crippen LogP contribution in [0.2, 0.25) is 0 Å². The van der Waals surface area contributed by atoms with E-state index in [2.05, 4.69) is 10.1 Å². The lowest BCUT2D eigenvalue weighted by atomic mass is 9.88. The lowest BCUT2D eigenvalue weighted by Gasteiger charge is -2.23. The maximum absolute atomic E-state index is 15.4. The summed E-state index contributed by atoms with van der Waals surface area (Å²) in [5.74, 6) is -0.260. The van der Waals surface area contributed by atoms with Crippen molar-refractivity contribution in [3.8, 4) is 5.88 Å². The molecule has 11 heteroatoms. The van der Waals surface area contributed by atoms with Crippen LogP contribution in [0, 0.1) is 11.4 Å². The Labute approximate surface area is 294 Å². The number of pyridine rings is 1. The van der Waals surface area contributed by atoms with Gasteiger partial charge in [-0.2, -0.15) is 17.6 Å². The summed E-state index contributed by atoms with van der Waals surface area (Å²) in [7, 11) is 0. The summed E-state index contributed by atoms with van der Waals surface area (Å²) in [6.45, 7) is 2.68. The first-order valence-corrected chi connectivity index (χ1v) is 17.9. The monoisotopic (exact) mass is 702 g/mol. The Hall–Kier alpha value is -4.51. The summed E-state index contributed by atoms with van der Waals surface area (Å²) in [6.07, 6.45) is 7.44. The molecule has 0 spiro atoms. The first-order valence-electron chi connectivity index (χ1n) is 17.9. The lowest BCUT2D eigenvalue weighted by molar-refractivity contribution is -0.125. The Kier molecular flexibility index (Phi) is 10.3. The zero-order chi connectivity index (χ0) is 35.4. The molecule has 3 fully saturated rings. The zero-order valence-corrected chi connectivity index (χ0v) is 28.5. The highest BCUT2D eigenvalue weighted by Crippen LogP contribution is 2.50. The molecule has 3 aliphatic rings. The molecular formula is C40H42F4N4O3. The lowest BCUT2D eigenvalue weighted by Crippen LogP contribution is -2.25. The number of amides is 1. The second kappa shape index (κ2) is 15.0. The molecule has 7 nitrogen and oxygen atoms in total. The van der Waals surface area contributed by atoms with E-state index in [9.17, 15) is 18.0 Å². The average Bonchev–Trinajstić information content (AvgIpc) is 3.52. The van der Waals surface area contributed by atoms with E-state index < -0.39 is 24.8 Å². The predicted octanol–water partition coefficient (Wildman–Crippen LogP) is 9.30. The van der Waals surface area contributed by atoms with Gasteiger partial charge in [0.15, 0.2) is 6.23 Å². The maximum atomic E-state index is 15.4. The standard InChI is InChI=1S/C40H42F4N4O3/c41-38-31-24-29(14-16-33(31)48(46-38)36-13-5-9-23-50-36)37(32(25-40(42,43)44)28-10-2-1-3-11-28)30-15-17-34(45-26-30)51-27-39(19-20-39)18-6-4-12-35(49)47-21-7-8-22-47/h1-4,10-12,14-17,24,26,36H,5-9,13,18-23,25,27H2/b12-4+,37-32-. The molecule has 1 amide bonds. The summed E-state index contributed by atoms with van der Waals surface area (Å²) in [6, 6.07) is 16.8. The number of ether oxygens (including phenoxy) is 2. The molecule has 0 bridgehead atoms. The van der Waals surface area contributed by atoms with Gasteiger partial charge in [0.2, 0.25) is 17.7 Å². The van der Waals surface area contributed by atoms with Gasteiger partial charge < -0.3 is 14.4 Å². The van der Waals surface area contributed by atoms with Gasteiger partial charge in [0.05, 0.1) is 23.9 Å². The highest BCUT2D eigenvalue weighted by atomic mass is 19.4. The van der Waals surface area contributed by atoms with Crippen molar-refractivity contribution in [2.24, 2.45) is 5.41 Å². The highest BCUT2D eigenvalue weighted by molar-refractivity contribution is 6.00. The molecule has 2 aliphatic heterocycles. The fraction of sp³-hybridized carbons (Fsp3) is 0.425. The van der Waals surface area contributed by atoms with Gasteiger partial charge in [0.25, 0.3) is 0 Å². The summed E-state index contributed by atoms with van der Waals surface area (Å²) in [4.78, 5) is 18.7. The molecule has 4 aromatic rings. The Morgan fingerprint density at radius 1 is 0.980 bits per heavy atom. The normalized spacial score (nSPS) is 19.5. The Morgan fingerprint density at radius 2 is 1.76 bits per heavy atom. The number of carbonyl (C=O) groups excluding carboxylic acids is 1. The third-order valence-electron chi connectivity index (χ3n) is 10.2. The quantitative estimate of drug-likeness (QED) is 0.0837. The third-order valence-corrected chi connectivity index (χ3v) is 10.2. The van der Waals surface area contributed by atoms with Crippen molar-refractivity contribution < 1.29 is 31.8 Å². The molecule has 7 rings (SSSR count). The van der Waals surface area contributed by atoms with Crippen molar-refractivity contribution in [1.82, 2.24) is 19.7 Å². The van der Waals surface area contributed by atoms with Crippen LogP contribution in [0.25, 0.3) is 22.0 Å². The van der Waals surface area contributed by atoms with Gasteiger partial charge >= 0.3 is 6.18 Å². The largest absolute Gasteiger partial charge is 0.477 e. The Balaban J connectivity index is 1.15. The van der Waals surface area contributed by atoms with Crippen molar-refractivity contribution >= 4 is 28.0 Å². The Bertz CT molecular complexity index is 1890. The first-order chi connectivity index (χ1) is 24.7. The van der Waals surface area contributed by atoms with Crippen molar-refractivity contribution in [2.75, 3.05) is 26.3 Å². The van der Waals surface area contributed by atoms with Crippen LogP contribution in [0.15, 0.2) is 79.0 Å². The van der Waals surface area contributed by atoms with Gasteiger partial charge in [-0.3, -0.25) is 4.79 Å². The van der Waals surface area contributed by atoms with E-state index in [0.717, 1.165) is 64.5 Å². The summed E-state index contributed by atoms with van der Waals surface area (Å²) >= 11 is 0.